The Kier molecular flexibility index (Phi) is 7.19. The van der Waals surface area contributed by atoms with Crippen molar-refractivity contribution in [1.82, 2.24) is 20.1 Å². The van der Waals surface area contributed by atoms with Crippen LogP contribution in [0.25, 0.3) is 10.9 Å². The number of halogens is 2. The predicted octanol–water partition coefficient (Wildman–Crippen LogP) is 4.12. The topological polar surface area (TPSA) is 92.7 Å². The molecule has 0 radical (unpaired) electrons. The summed E-state index contributed by atoms with van der Waals surface area (Å²) in [5, 5.41) is 7.11. The highest BCUT2D eigenvalue weighted by atomic mass is 35.5. The molecule has 3 rings (SSSR count). The second-order valence-corrected chi connectivity index (χ2v) is 10.3. The summed E-state index contributed by atoms with van der Waals surface area (Å²) in [5.41, 5.74) is -0.455. The molecule has 1 atom stereocenters. The molecule has 3 amide bonds. The van der Waals surface area contributed by atoms with Crippen LogP contribution < -0.4 is 10.6 Å². The van der Waals surface area contributed by atoms with Gasteiger partial charge in [0.2, 0.25) is 5.91 Å². The number of carbonyl (C=O) groups is 3. The molecule has 1 aliphatic heterocycles. The van der Waals surface area contributed by atoms with Crippen molar-refractivity contribution >= 4 is 52.0 Å². The standard InChI is InChI=1S/C23H30Cl2N4O4/c1-22(2,3)33-21(32)29-10-6-9-23(13-29,12-18(30)26-4)27-20(31)17-11-14-16(28(17)5)8-7-15(24)19(14)25/h7-8,11H,6,9-10,12-13H2,1-5H3,(H,26,30)(H,27,31). The van der Waals surface area contributed by atoms with Crippen LogP contribution in [0.15, 0.2) is 18.2 Å². The van der Waals surface area contributed by atoms with Gasteiger partial charge in [-0.3, -0.25) is 9.59 Å². The van der Waals surface area contributed by atoms with Gasteiger partial charge >= 0.3 is 6.09 Å². The minimum absolute atomic E-state index is 0.0328. The molecule has 0 saturated carbocycles. The highest BCUT2D eigenvalue weighted by Gasteiger charge is 2.41. The van der Waals surface area contributed by atoms with Gasteiger partial charge < -0.3 is 24.8 Å². The summed E-state index contributed by atoms with van der Waals surface area (Å²) in [7, 11) is 3.31. The van der Waals surface area contributed by atoms with Crippen molar-refractivity contribution in [3.8, 4) is 0 Å². The van der Waals surface area contributed by atoms with Crippen LogP contribution in [0, 0.1) is 0 Å². The third-order valence-electron chi connectivity index (χ3n) is 5.73. The lowest BCUT2D eigenvalue weighted by Gasteiger charge is -2.43. The van der Waals surface area contributed by atoms with E-state index in [9.17, 15) is 14.4 Å². The third-order valence-corrected chi connectivity index (χ3v) is 6.55. The molecule has 2 N–H and O–H groups in total. The number of rotatable bonds is 4. The van der Waals surface area contributed by atoms with Crippen LogP contribution in [0.4, 0.5) is 4.79 Å². The Bertz CT molecular complexity index is 1090. The Balaban J connectivity index is 1.91. The Morgan fingerprint density at radius 2 is 1.91 bits per heavy atom. The molecule has 1 aliphatic rings. The van der Waals surface area contributed by atoms with E-state index in [0.29, 0.717) is 40.5 Å². The van der Waals surface area contributed by atoms with Gasteiger partial charge in [-0.05, 0) is 51.8 Å². The molecule has 1 fully saturated rings. The highest BCUT2D eigenvalue weighted by Crippen LogP contribution is 2.33. The summed E-state index contributed by atoms with van der Waals surface area (Å²) < 4.78 is 7.25. The molecule has 1 aromatic carbocycles. The number of fused-ring (bicyclic) bond motifs is 1. The minimum Gasteiger partial charge on any atom is -0.444 e. The fourth-order valence-corrected chi connectivity index (χ4v) is 4.55. The summed E-state index contributed by atoms with van der Waals surface area (Å²) in [6, 6.07) is 5.16. The van der Waals surface area contributed by atoms with E-state index in [2.05, 4.69) is 10.6 Å². The van der Waals surface area contributed by atoms with Gasteiger partial charge in [0.15, 0.2) is 0 Å². The van der Waals surface area contributed by atoms with E-state index < -0.39 is 17.2 Å². The van der Waals surface area contributed by atoms with Gasteiger partial charge in [0, 0.05) is 38.1 Å². The molecule has 8 nitrogen and oxygen atoms in total. The Morgan fingerprint density at radius 3 is 2.55 bits per heavy atom. The number of hydrogen-bond acceptors (Lipinski definition) is 4. The predicted molar refractivity (Wildman–Crippen MR) is 129 cm³/mol. The molecule has 0 aliphatic carbocycles. The number of benzene rings is 1. The van der Waals surface area contributed by atoms with E-state index >= 15 is 0 Å². The monoisotopic (exact) mass is 496 g/mol. The highest BCUT2D eigenvalue weighted by molar-refractivity contribution is 6.45. The van der Waals surface area contributed by atoms with Gasteiger partial charge in [-0.2, -0.15) is 0 Å². The summed E-state index contributed by atoms with van der Waals surface area (Å²) in [6.07, 6.45) is 0.726. The van der Waals surface area contributed by atoms with Crippen LogP contribution in [0.1, 0.15) is 50.5 Å². The van der Waals surface area contributed by atoms with Crippen LogP contribution in [-0.4, -0.2) is 58.7 Å². The van der Waals surface area contributed by atoms with E-state index in [1.165, 1.54) is 0 Å². The van der Waals surface area contributed by atoms with Crippen LogP contribution in [0.2, 0.25) is 10.0 Å². The molecule has 180 valence electrons. The number of ether oxygens (including phenoxy) is 1. The number of amides is 3. The van der Waals surface area contributed by atoms with Crippen molar-refractivity contribution in [2.24, 2.45) is 7.05 Å². The molecule has 0 spiro atoms. The fraction of sp³-hybridized carbons (Fsp3) is 0.522. The Hall–Kier alpha value is -2.45. The number of aromatic nitrogens is 1. The molecule has 2 heterocycles. The molecule has 33 heavy (non-hydrogen) atoms. The minimum atomic E-state index is -0.940. The van der Waals surface area contributed by atoms with Crippen molar-refractivity contribution < 1.29 is 19.1 Å². The second-order valence-electron chi connectivity index (χ2n) is 9.47. The average molecular weight is 497 g/mol. The summed E-state index contributed by atoms with van der Waals surface area (Å²) in [4.78, 5) is 40.0. The normalized spacial score (nSPS) is 18.8. The van der Waals surface area contributed by atoms with E-state index in [0.717, 1.165) is 5.52 Å². The van der Waals surface area contributed by atoms with Gasteiger partial charge in [-0.25, -0.2) is 4.79 Å². The quantitative estimate of drug-likeness (QED) is 0.665. The number of aryl methyl sites for hydroxylation is 1. The fourth-order valence-electron chi connectivity index (χ4n) is 4.17. The van der Waals surface area contributed by atoms with Crippen LogP contribution in [0.5, 0.6) is 0 Å². The maximum Gasteiger partial charge on any atom is 0.410 e. The van der Waals surface area contributed by atoms with Crippen molar-refractivity contribution in [3.63, 3.8) is 0 Å². The molecular weight excluding hydrogens is 467 g/mol. The smallest absolute Gasteiger partial charge is 0.410 e. The number of nitrogens with one attached hydrogen (secondary N) is 2. The van der Waals surface area contributed by atoms with Crippen molar-refractivity contribution in [1.29, 1.82) is 0 Å². The Morgan fingerprint density at radius 1 is 1.21 bits per heavy atom. The lowest BCUT2D eigenvalue weighted by Crippen LogP contribution is -2.61. The first-order chi connectivity index (χ1) is 15.4. The summed E-state index contributed by atoms with van der Waals surface area (Å²) in [6.45, 7) is 6.05. The maximum absolute atomic E-state index is 13.4. The Labute approximate surface area is 203 Å². The van der Waals surface area contributed by atoms with E-state index in [4.69, 9.17) is 27.9 Å². The molecule has 1 unspecified atom stereocenters. The largest absolute Gasteiger partial charge is 0.444 e. The van der Waals surface area contributed by atoms with Gasteiger partial charge in [-0.15, -0.1) is 0 Å². The first kappa shape index (κ1) is 25.2. The molecule has 1 aromatic heterocycles. The van der Waals surface area contributed by atoms with Gasteiger partial charge in [0.05, 0.1) is 22.0 Å². The summed E-state index contributed by atoms with van der Waals surface area (Å²) >= 11 is 12.5. The van der Waals surface area contributed by atoms with Crippen molar-refractivity contribution in [2.45, 2.75) is 51.2 Å². The lowest BCUT2D eigenvalue weighted by molar-refractivity contribution is -0.122. The zero-order valence-electron chi connectivity index (χ0n) is 19.6. The van der Waals surface area contributed by atoms with Gasteiger partial charge in [0.1, 0.15) is 11.3 Å². The molecule has 10 heteroatoms. The number of carbonyl (C=O) groups excluding carboxylic acids is 3. The second kappa shape index (κ2) is 9.43. The van der Waals surface area contributed by atoms with E-state index in [1.54, 1.807) is 62.5 Å². The van der Waals surface area contributed by atoms with Crippen LogP contribution >= 0.6 is 23.2 Å². The zero-order chi connectivity index (χ0) is 24.6. The third kappa shape index (κ3) is 5.55. The molecule has 0 bridgehead atoms. The van der Waals surface area contributed by atoms with Crippen molar-refractivity contribution in [2.75, 3.05) is 20.1 Å². The molecule has 1 saturated heterocycles. The van der Waals surface area contributed by atoms with E-state index in [1.807, 2.05) is 0 Å². The maximum atomic E-state index is 13.4. The first-order valence-corrected chi connectivity index (χ1v) is 11.6. The van der Waals surface area contributed by atoms with E-state index in [-0.39, 0.29) is 24.8 Å². The zero-order valence-corrected chi connectivity index (χ0v) is 21.1. The van der Waals surface area contributed by atoms with Gasteiger partial charge in [0.25, 0.3) is 5.91 Å². The number of nitrogens with zero attached hydrogens (tertiary/aromatic N) is 2. The lowest BCUT2D eigenvalue weighted by atomic mass is 9.85. The molecular formula is C23H30Cl2N4O4. The summed E-state index contributed by atoms with van der Waals surface area (Å²) in [5.74, 6) is -0.593. The number of hydrogen-bond donors (Lipinski definition) is 2. The number of piperidine rings is 1. The van der Waals surface area contributed by atoms with Crippen molar-refractivity contribution in [3.05, 3.63) is 33.9 Å². The molecule has 2 aromatic rings. The first-order valence-electron chi connectivity index (χ1n) is 10.8. The average Bonchev–Trinajstić information content (AvgIpc) is 3.06. The SMILES string of the molecule is CNC(=O)CC1(NC(=O)c2cc3c(Cl)c(Cl)ccc3n2C)CCCN(C(=O)OC(C)(C)C)C1. The number of likely N-dealkylation sites (tertiary alicyclic amines) is 1. The van der Waals surface area contributed by atoms with Crippen LogP contribution in [0.3, 0.4) is 0 Å². The van der Waals surface area contributed by atoms with Gasteiger partial charge in [-0.1, -0.05) is 23.2 Å². The van der Waals surface area contributed by atoms with Crippen LogP contribution in [-0.2, 0) is 16.6 Å².